The van der Waals surface area contributed by atoms with E-state index in [1.807, 2.05) is 51.1 Å². The number of phenolic OH excluding ortho intramolecular Hbond substituents is 1. The average molecular weight is 622 g/mol. The second kappa shape index (κ2) is 13.3. The number of phenols is 1. The maximum absolute atomic E-state index is 13.8. The Balaban J connectivity index is 1.73. The summed E-state index contributed by atoms with van der Waals surface area (Å²) < 4.78 is 28.7. The molecule has 198 valence electrons. The standard InChI is InChI=1S/C29H33F2IN2O3/c1-17(2)25-12-21(18(3)7-27(25)35)13-29(37)34-26(11-20-8-22(30)14-23(31)9-20)28(36)16-33-15-19-5-4-6-24(32)10-19/h4-10,12,14,17,26,28,33,35-36H,11,13,15-16H2,1-3H3,(H,34,37)/t26-,28-/m1/s1. The van der Waals surface area contributed by atoms with Crippen molar-refractivity contribution in [3.05, 3.63) is 97.6 Å². The molecule has 1 amide bonds. The topological polar surface area (TPSA) is 81.6 Å². The number of halogens is 3. The highest BCUT2D eigenvalue weighted by Gasteiger charge is 2.23. The van der Waals surface area contributed by atoms with Gasteiger partial charge in [0.05, 0.1) is 18.6 Å². The highest BCUT2D eigenvalue weighted by Crippen LogP contribution is 2.29. The van der Waals surface area contributed by atoms with E-state index in [9.17, 15) is 23.8 Å². The molecule has 8 heteroatoms. The van der Waals surface area contributed by atoms with Crippen molar-refractivity contribution in [3.63, 3.8) is 0 Å². The molecule has 0 aliphatic rings. The van der Waals surface area contributed by atoms with E-state index in [4.69, 9.17) is 0 Å². The molecule has 2 atom stereocenters. The van der Waals surface area contributed by atoms with Crippen LogP contribution in [0.4, 0.5) is 8.78 Å². The molecule has 3 rings (SSSR count). The Bertz CT molecular complexity index is 1220. The first kappa shape index (κ1) is 29.0. The fraction of sp³-hybridized carbons (Fsp3) is 0.345. The van der Waals surface area contributed by atoms with Gasteiger partial charge in [-0.05, 0) is 100 Å². The molecule has 0 radical (unpaired) electrons. The van der Waals surface area contributed by atoms with Crippen LogP contribution in [0.15, 0.2) is 54.6 Å². The number of nitrogens with one attached hydrogen (secondary N) is 2. The molecule has 0 unspecified atom stereocenters. The van der Waals surface area contributed by atoms with Gasteiger partial charge < -0.3 is 20.8 Å². The van der Waals surface area contributed by atoms with Crippen LogP contribution in [-0.2, 0) is 24.2 Å². The zero-order valence-corrected chi connectivity index (χ0v) is 23.4. The lowest BCUT2D eigenvalue weighted by Gasteiger charge is -2.25. The third-order valence-corrected chi connectivity index (χ3v) is 6.89. The fourth-order valence-corrected chi connectivity index (χ4v) is 4.87. The van der Waals surface area contributed by atoms with E-state index < -0.39 is 23.8 Å². The first-order valence-electron chi connectivity index (χ1n) is 12.2. The van der Waals surface area contributed by atoms with Crippen LogP contribution in [0.25, 0.3) is 0 Å². The van der Waals surface area contributed by atoms with Gasteiger partial charge in [-0.2, -0.15) is 0 Å². The zero-order valence-electron chi connectivity index (χ0n) is 21.2. The molecule has 5 nitrogen and oxygen atoms in total. The number of aromatic hydroxyl groups is 1. The van der Waals surface area contributed by atoms with Crippen molar-refractivity contribution in [2.75, 3.05) is 6.54 Å². The van der Waals surface area contributed by atoms with E-state index in [1.165, 1.54) is 12.1 Å². The number of aryl methyl sites for hydroxylation is 1. The summed E-state index contributed by atoms with van der Waals surface area (Å²) in [4.78, 5) is 13.0. The lowest BCUT2D eigenvalue weighted by atomic mass is 9.94. The number of hydrogen-bond donors (Lipinski definition) is 4. The van der Waals surface area contributed by atoms with Crippen molar-refractivity contribution in [1.29, 1.82) is 0 Å². The van der Waals surface area contributed by atoms with E-state index in [0.29, 0.717) is 12.1 Å². The summed E-state index contributed by atoms with van der Waals surface area (Å²) in [5, 5.41) is 27.2. The Labute approximate surface area is 230 Å². The lowest BCUT2D eigenvalue weighted by Crippen LogP contribution is -2.49. The van der Waals surface area contributed by atoms with E-state index in [2.05, 4.69) is 33.2 Å². The molecule has 4 N–H and O–H groups in total. The molecule has 0 spiro atoms. The van der Waals surface area contributed by atoms with Crippen LogP contribution < -0.4 is 10.6 Å². The zero-order chi connectivity index (χ0) is 27.1. The Morgan fingerprint density at radius 1 is 1.03 bits per heavy atom. The third-order valence-electron chi connectivity index (χ3n) is 6.22. The number of hydrogen-bond acceptors (Lipinski definition) is 4. The Kier molecular flexibility index (Phi) is 10.4. The average Bonchev–Trinajstić information content (AvgIpc) is 2.79. The normalized spacial score (nSPS) is 13.0. The summed E-state index contributed by atoms with van der Waals surface area (Å²) >= 11 is 2.23. The van der Waals surface area contributed by atoms with Crippen molar-refractivity contribution in [2.24, 2.45) is 0 Å². The highest BCUT2D eigenvalue weighted by atomic mass is 127. The van der Waals surface area contributed by atoms with Gasteiger partial charge in [0, 0.05) is 22.7 Å². The van der Waals surface area contributed by atoms with Crippen molar-refractivity contribution in [3.8, 4) is 5.75 Å². The Hall–Kier alpha value is -2.56. The van der Waals surface area contributed by atoms with Crippen LogP contribution in [0.5, 0.6) is 5.75 Å². The van der Waals surface area contributed by atoms with Crippen LogP contribution >= 0.6 is 22.6 Å². The monoisotopic (exact) mass is 622 g/mol. The summed E-state index contributed by atoms with van der Waals surface area (Å²) in [6.45, 7) is 6.44. The fourth-order valence-electron chi connectivity index (χ4n) is 4.26. The van der Waals surface area contributed by atoms with Gasteiger partial charge in [0.1, 0.15) is 17.4 Å². The largest absolute Gasteiger partial charge is 0.508 e. The molecule has 0 bridgehead atoms. The van der Waals surface area contributed by atoms with Gasteiger partial charge in [0.25, 0.3) is 0 Å². The quantitative estimate of drug-likeness (QED) is 0.224. The van der Waals surface area contributed by atoms with E-state index >= 15 is 0 Å². The molecule has 0 fully saturated rings. The number of aliphatic hydroxyl groups excluding tert-OH is 1. The van der Waals surface area contributed by atoms with E-state index in [1.54, 1.807) is 6.07 Å². The predicted molar refractivity (Wildman–Crippen MR) is 150 cm³/mol. The molecule has 3 aromatic carbocycles. The molecule has 0 saturated heterocycles. The van der Waals surface area contributed by atoms with Crippen molar-refractivity contribution < 1.29 is 23.8 Å². The van der Waals surface area contributed by atoms with Crippen LogP contribution in [0, 0.1) is 22.1 Å². The first-order valence-corrected chi connectivity index (χ1v) is 13.3. The minimum absolute atomic E-state index is 0.0441. The second-order valence-electron chi connectivity index (χ2n) is 9.65. The number of aliphatic hydroxyl groups is 1. The van der Waals surface area contributed by atoms with Crippen molar-refractivity contribution >= 4 is 28.5 Å². The molecule has 0 aliphatic heterocycles. The lowest BCUT2D eigenvalue weighted by molar-refractivity contribution is -0.122. The molecule has 37 heavy (non-hydrogen) atoms. The molecular formula is C29H33F2IN2O3. The van der Waals surface area contributed by atoms with E-state index in [-0.39, 0.29) is 37.0 Å². The summed E-state index contributed by atoms with van der Waals surface area (Å²) in [5.41, 5.74) is 3.68. The van der Waals surface area contributed by atoms with E-state index in [0.717, 1.165) is 31.9 Å². The van der Waals surface area contributed by atoms with Crippen LogP contribution in [0.1, 0.15) is 47.6 Å². The summed E-state index contributed by atoms with van der Waals surface area (Å²) in [6.07, 6.45) is -0.911. The van der Waals surface area contributed by atoms with Gasteiger partial charge in [-0.25, -0.2) is 8.78 Å². The SMILES string of the molecule is Cc1cc(O)c(C(C)C)cc1CC(=O)N[C@H](Cc1cc(F)cc(F)c1)[C@H](O)CNCc1cccc(I)c1. The number of benzene rings is 3. The molecule has 0 aliphatic carbocycles. The maximum atomic E-state index is 13.8. The first-order chi connectivity index (χ1) is 17.5. The predicted octanol–water partition coefficient (Wildman–Crippen LogP) is 5.13. The summed E-state index contributed by atoms with van der Waals surface area (Å²) in [6, 6.07) is 13.8. The van der Waals surface area contributed by atoms with Crippen molar-refractivity contribution in [1.82, 2.24) is 10.6 Å². The van der Waals surface area contributed by atoms with Gasteiger partial charge >= 0.3 is 0 Å². The second-order valence-corrected chi connectivity index (χ2v) is 10.9. The maximum Gasteiger partial charge on any atom is 0.224 e. The van der Waals surface area contributed by atoms with Gasteiger partial charge in [-0.1, -0.05) is 32.0 Å². The summed E-state index contributed by atoms with van der Waals surface area (Å²) in [7, 11) is 0. The third kappa shape index (κ3) is 8.76. The minimum Gasteiger partial charge on any atom is -0.508 e. The number of rotatable bonds is 11. The number of amides is 1. The number of carbonyl (C=O) groups is 1. The van der Waals surface area contributed by atoms with Crippen LogP contribution in [-0.4, -0.2) is 34.8 Å². The Morgan fingerprint density at radius 3 is 2.38 bits per heavy atom. The Morgan fingerprint density at radius 2 is 1.73 bits per heavy atom. The molecule has 0 aromatic heterocycles. The van der Waals surface area contributed by atoms with Crippen LogP contribution in [0.2, 0.25) is 0 Å². The number of carbonyl (C=O) groups excluding carboxylic acids is 1. The molecule has 3 aromatic rings. The van der Waals surface area contributed by atoms with Crippen molar-refractivity contribution in [2.45, 2.75) is 58.2 Å². The van der Waals surface area contributed by atoms with Gasteiger partial charge in [-0.3, -0.25) is 4.79 Å². The smallest absolute Gasteiger partial charge is 0.224 e. The molecular weight excluding hydrogens is 589 g/mol. The minimum atomic E-state index is -1.01. The van der Waals surface area contributed by atoms with Crippen LogP contribution in [0.3, 0.4) is 0 Å². The molecule has 0 saturated carbocycles. The van der Waals surface area contributed by atoms with Gasteiger partial charge in [0.15, 0.2) is 0 Å². The van der Waals surface area contributed by atoms with Gasteiger partial charge in [-0.15, -0.1) is 0 Å². The summed E-state index contributed by atoms with van der Waals surface area (Å²) in [5.74, 6) is -1.49. The highest BCUT2D eigenvalue weighted by molar-refractivity contribution is 14.1. The van der Waals surface area contributed by atoms with Gasteiger partial charge in [0.2, 0.25) is 5.91 Å². The molecule has 0 heterocycles.